The molecule has 0 spiro atoms. The van der Waals surface area contributed by atoms with Crippen molar-refractivity contribution in [3.05, 3.63) is 62.4 Å². The van der Waals surface area contributed by atoms with Gasteiger partial charge >= 0.3 is 11.7 Å². The number of benzene rings is 1. The van der Waals surface area contributed by atoms with Crippen LogP contribution >= 0.6 is 0 Å². The predicted molar refractivity (Wildman–Crippen MR) is 92.2 cm³/mol. The lowest BCUT2D eigenvalue weighted by Gasteiger charge is -2.32. The largest absolute Gasteiger partial charge is 0.486 e. The number of aromatic nitrogens is 2. The molecule has 1 aromatic heterocycles. The minimum atomic E-state index is -1.04. The molecule has 1 aliphatic heterocycles. The molecule has 4 N–H and O–H groups in total. The molecule has 0 bridgehead atoms. The molecular formula is C17H17N3O7. The van der Waals surface area contributed by atoms with Gasteiger partial charge in [-0.05, 0) is 30.7 Å². The van der Waals surface area contributed by atoms with Crippen LogP contribution in [-0.4, -0.2) is 52.3 Å². The molecule has 0 radical (unpaired) electrons. The molecule has 1 saturated heterocycles. The quantitative estimate of drug-likeness (QED) is 0.561. The van der Waals surface area contributed by atoms with Crippen molar-refractivity contribution in [2.24, 2.45) is 0 Å². The third kappa shape index (κ3) is 4.42. The van der Waals surface area contributed by atoms with E-state index in [-0.39, 0.29) is 17.7 Å². The molecule has 0 aliphatic carbocycles. The maximum Gasteiger partial charge on any atom is 0.335 e. The number of nitrogens with one attached hydrogen (secondary N) is 3. The Kier molecular flexibility index (Phi) is 5.36. The molecule has 2 heterocycles. The number of H-pyrrole nitrogens is 2. The van der Waals surface area contributed by atoms with E-state index in [4.69, 9.17) is 14.6 Å². The van der Waals surface area contributed by atoms with E-state index in [0.29, 0.717) is 18.8 Å². The molecule has 2 aromatic rings. The summed E-state index contributed by atoms with van der Waals surface area (Å²) in [5.41, 5.74) is -1.58. The van der Waals surface area contributed by atoms with Crippen molar-refractivity contribution in [1.82, 2.24) is 15.3 Å². The van der Waals surface area contributed by atoms with Crippen LogP contribution < -0.4 is 21.3 Å². The average molecular weight is 375 g/mol. The van der Waals surface area contributed by atoms with E-state index in [1.807, 2.05) is 4.98 Å². The molecule has 2 atom stereocenters. The van der Waals surface area contributed by atoms with Gasteiger partial charge in [0, 0.05) is 12.8 Å². The van der Waals surface area contributed by atoms with Crippen LogP contribution in [0.2, 0.25) is 0 Å². The van der Waals surface area contributed by atoms with E-state index >= 15 is 0 Å². The molecule has 0 unspecified atom stereocenters. The summed E-state index contributed by atoms with van der Waals surface area (Å²) in [6, 6.07) is 5.42. The fourth-order valence-electron chi connectivity index (χ4n) is 2.67. The lowest BCUT2D eigenvalue weighted by molar-refractivity contribution is -0.0135. The van der Waals surface area contributed by atoms with E-state index in [2.05, 4.69) is 10.3 Å². The van der Waals surface area contributed by atoms with Crippen molar-refractivity contribution in [2.75, 3.05) is 13.2 Å². The molecule has 1 aliphatic rings. The average Bonchev–Trinajstić information content (AvgIpc) is 2.63. The number of hydrogen-bond donors (Lipinski definition) is 4. The molecule has 142 valence electrons. The van der Waals surface area contributed by atoms with Gasteiger partial charge in [0.15, 0.2) is 0 Å². The minimum absolute atomic E-state index is 0.129. The Hall–Kier alpha value is -3.40. The molecule has 27 heavy (non-hydrogen) atoms. The van der Waals surface area contributed by atoms with Gasteiger partial charge in [-0.2, -0.15) is 0 Å². The number of aromatic carboxylic acids is 1. The maximum atomic E-state index is 12.3. The summed E-state index contributed by atoms with van der Waals surface area (Å²) in [5.74, 6) is -1.26. The third-order valence-electron chi connectivity index (χ3n) is 4.07. The zero-order valence-corrected chi connectivity index (χ0v) is 14.1. The number of ether oxygens (including phenoxy) is 2. The van der Waals surface area contributed by atoms with Gasteiger partial charge in [0.05, 0.1) is 18.2 Å². The molecule has 1 amide bonds. The van der Waals surface area contributed by atoms with Gasteiger partial charge in [-0.1, -0.05) is 0 Å². The van der Waals surface area contributed by atoms with Gasteiger partial charge in [0.25, 0.3) is 11.5 Å². The SMILES string of the molecule is O=C(O)c1ccc(O[C@@H]2COCC[C@H]2NC(=O)c2c[nH]c(=O)[nH]c2=O)cc1. The number of carbonyl (C=O) groups excluding carboxylic acids is 1. The number of carbonyl (C=O) groups is 2. The highest BCUT2D eigenvalue weighted by molar-refractivity contribution is 5.93. The zero-order chi connectivity index (χ0) is 19.4. The van der Waals surface area contributed by atoms with Gasteiger partial charge < -0.3 is 24.9 Å². The minimum Gasteiger partial charge on any atom is -0.486 e. The topological polar surface area (TPSA) is 151 Å². The highest BCUT2D eigenvalue weighted by atomic mass is 16.5. The van der Waals surface area contributed by atoms with Crippen molar-refractivity contribution in [1.29, 1.82) is 0 Å². The van der Waals surface area contributed by atoms with Crippen molar-refractivity contribution in [2.45, 2.75) is 18.6 Å². The summed E-state index contributed by atoms with van der Waals surface area (Å²) in [6.45, 7) is 0.623. The first-order valence-electron chi connectivity index (χ1n) is 8.14. The first-order chi connectivity index (χ1) is 12.9. The van der Waals surface area contributed by atoms with Crippen molar-refractivity contribution >= 4 is 11.9 Å². The number of hydrogen-bond acceptors (Lipinski definition) is 6. The van der Waals surface area contributed by atoms with Crippen LogP contribution in [0.5, 0.6) is 5.75 Å². The molecule has 10 heteroatoms. The van der Waals surface area contributed by atoms with Crippen LogP contribution in [0.4, 0.5) is 0 Å². The fraction of sp³-hybridized carbons (Fsp3) is 0.294. The maximum absolute atomic E-state index is 12.3. The lowest BCUT2D eigenvalue weighted by Crippen LogP contribution is -2.52. The number of amides is 1. The highest BCUT2D eigenvalue weighted by Gasteiger charge is 2.30. The Bertz CT molecular complexity index is 948. The van der Waals surface area contributed by atoms with Crippen LogP contribution in [0.25, 0.3) is 0 Å². The molecule has 10 nitrogen and oxygen atoms in total. The molecule has 0 saturated carbocycles. The highest BCUT2D eigenvalue weighted by Crippen LogP contribution is 2.19. The summed E-state index contributed by atoms with van der Waals surface area (Å²) in [4.78, 5) is 50.3. The van der Waals surface area contributed by atoms with Crippen molar-refractivity contribution < 1.29 is 24.2 Å². The van der Waals surface area contributed by atoms with E-state index in [0.717, 1.165) is 6.20 Å². The second kappa shape index (κ2) is 7.87. The molecule has 3 rings (SSSR count). The Morgan fingerprint density at radius 1 is 1.22 bits per heavy atom. The summed E-state index contributed by atoms with van der Waals surface area (Å²) in [7, 11) is 0. The molecule has 1 fully saturated rings. The number of carboxylic acid groups (broad SMARTS) is 1. The van der Waals surface area contributed by atoms with Crippen molar-refractivity contribution in [3.8, 4) is 5.75 Å². The van der Waals surface area contributed by atoms with Crippen LogP contribution in [0.15, 0.2) is 40.1 Å². The Balaban J connectivity index is 1.71. The monoisotopic (exact) mass is 375 g/mol. The standard InChI is InChI=1S/C17H17N3O7/c21-14(11-7-18-17(25)20-15(11)22)19-12-5-6-26-8-13(12)27-10-3-1-9(2-4-10)16(23)24/h1-4,7,12-13H,5-6,8H2,(H,19,21)(H,23,24)(H2,18,20,22,25)/t12-,13-/m1/s1. The van der Waals surface area contributed by atoms with Gasteiger partial charge in [-0.3, -0.25) is 14.6 Å². The molecule has 1 aromatic carbocycles. The Labute approximate surface area is 152 Å². The van der Waals surface area contributed by atoms with Crippen LogP contribution in [-0.2, 0) is 4.74 Å². The normalized spacial score (nSPS) is 19.3. The second-order valence-electron chi connectivity index (χ2n) is 5.91. The van der Waals surface area contributed by atoms with E-state index in [1.165, 1.54) is 24.3 Å². The summed E-state index contributed by atoms with van der Waals surface area (Å²) >= 11 is 0. The number of carboxylic acids is 1. The smallest absolute Gasteiger partial charge is 0.335 e. The van der Waals surface area contributed by atoms with Crippen LogP contribution in [0, 0.1) is 0 Å². The Morgan fingerprint density at radius 3 is 2.63 bits per heavy atom. The summed E-state index contributed by atoms with van der Waals surface area (Å²) in [6.07, 6.45) is 0.987. The Morgan fingerprint density at radius 2 is 1.96 bits per heavy atom. The number of aromatic amines is 2. The third-order valence-corrected chi connectivity index (χ3v) is 4.07. The van der Waals surface area contributed by atoms with Gasteiger partial charge in [0.1, 0.15) is 17.4 Å². The number of rotatable bonds is 5. The summed E-state index contributed by atoms with van der Waals surface area (Å²) < 4.78 is 11.2. The second-order valence-corrected chi connectivity index (χ2v) is 5.91. The fourth-order valence-corrected chi connectivity index (χ4v) is 2.67. The van der Waals surface area contributed by atoms with Gasteiger partial charge in [-0.15, -0.1) is 0 Å². The first-order valence-corrected chi connectivity index (χ1v) is 8.14. The van der Waals surface area contributed by atoms with Gasteiger partial charge in [0.2, 0.25) is 0 Å². The van der Waals surface area contributed by atoms with E-state index < -0.39 is 35.3 Å². The van der Waals surface area contributed by atoms with E-state index in [9.17, 15) is 19.2 Å². The summed E-state index contributed by atoms with van der Waals surface area (Å²) in [5, 5.41) is 11.6. The van der Waals surface area contributed by atoms with E-state index in [1.54, 1.807) is 0 Å². The lowest BCUT2D eigenvalue weighted by atomic mass is 10.1. The van der Waals surface area contributed by atoms with Crippen LogP contribution in [0.3, 0.4) is 0 Å². The first kappa shape index (κ1) is 18.4. The molecular weight excluding hydrogens is 358 g/mol. The zero-order valence-electron chi connectivity index (χ0n) is 14.1. The predicted octanol–water partition coefficient (Wildman–Crippen LogP) is -0.272. The van der Waals surface area contributed by atoms with Gasteiger partial charge in [-0.25, -0.2) is 9.59 Å². The van der Waals surface area contributed by atoms with Crippen molar-refractivity contribution in [3.63, 3.8) is 0 Å². The van der Waals surface area contributed by atoms with Crippen LogP contribution in [0.1, 0.15) is 27.1 Å².